The van der Waals surface area contributed by atoms with E-state index in [0.717, 1.165) is 29.7 Å². The Morgan fingerprint density at radius 2 is 2.14 bits per heavy atom. The first kappa shape index (κ1) is 19.9. The molecule has 2 heterocycles. The maximum atomic E-state index is 5.98. The van der Waals surface area contributed by atoms with Crippen molar-refractivity contribution in [1.29, 1.82) is 0 Å². The van der Waals surface area contributed by atoms with Crippen molar-refractivity contribution in [3.8, 4) is 5.75 Å². The third-order valence-electron chi connectivity index (χ3n) is 4.17. The molecule has 0 spiro atoms. The molecule has 3 aromatic rings. The van der Waals surface area contributed by atoms with Gasteiger partial charge in [0.2, 0.25) is 0 Å². The van der Waals surface area contributed by atoms with Crippen molar-refractivity contribution < 1.29 is 4.74 Å². The van der Waals surface area contributed by atoms with Gasteiger partial charge in [0.15, 0.2) is 11.6 Å². The number of hydrogen-bond donors (Lipinski definition) is 1. The molecule has 0 aliphatic heterocycles. The Morgan fingerprint density at radius 1 is 1.25 bits per heavy atom. The molecule has 0 saturated heterocycles. The molecule has 2 aromatic heterocycles. The fraction of sp³-hybridized carbons (Fsp3) is 0.350. The highest BCUT2D eigenvalue weighted by molar-refractivity contribution is 6.30. The van der Waals surface area contributed by atoms with Gasteiger partial charge in [-0.05, 0) is 37.3 Å². The minimum Gasteiger partial charge on any atom is -0.492 e. The Morgan fingerprint density at radius 3 is 2.96 bits per heavy atom. The van der Waals surface area contributed by atoms with Gasteiger partial charge in [0.1, 0.15) is 18.2 Å². The number of ether oxygens (including phenoxy) is 1. The smallest absolute Gasteiger partial charge is 0.193 e. The number of halogens is 1. The van der Waals surface area contributed by atoms with E-state index in [1.807, 2.05) is 60.1 Å². The van der Waals surface area contributed by atoms with Gasteiger partial charge in [0.05, 0.1) is 6.54 Å². The molecule has 0 fully saturated rings. The van der Waals surface area contributed by atoms with E-state index in [0.29, 0.717) is 31.1 Å². The molecule has 28 heavy (non-hydrogen) atoms. The molecular formula is C20H25ClN6O. The van der Waals surface area contributed by atoms with Gasteiger partial charge >= 0.3 is 0 Å². The Hall–Kier alpha value is -2.80. The lowest BCUT2D eigenvalue weighted by molar-refractivity contribution is 0.281. The van der Waals surface area contributed by atoms with E-state index in [2.05, 4.69) is 27.3 Å². The van der Waals surface area contributed by atoms with E-state index in [1.165, 1.54) is 0 Å². The number of likely N-dealkylation sites (N-methyl/N-ethyl adjacent to an activating group) is 1. The molecule has 0 amide bonds. The summed E-state index contributed by atoms with van der Waals surface area (Å²) in [7, 11) is 2.00. The van der Waals surface area contributed by atoms with Gasteiger partial charge in [-0.3, -0.25) is 9.39 Å². The number of rotatable bonds is 8. The van der Waals surface area contributed by atoms with E-state index in [9.17, 15) is 0 Å². The monoisotopic (exact) mass is 400 g/mol. The number of nitrogens with zero attached hydrogens (tertiary/aromatic N) is 5. The van der Waals surface area contributed by atoms with Crippen molar-refractivity contribution in [2.75, 3.05) is 33.3 Å². The van der Waals surface area contributed by atoms with Crippen molar-refractivity contribution >= 4 is 23.2 Å². The number of fused-ring (bicyclic) bond motifs is 1. The van der Waals surface area contributed by atoms with Crippen molar-refractivity contribution in [3.63, 3.8) is 0 Å². The Kier molecular flexibility index (Phi) is 7.08. The van der Waals surface area contributed by atoms with Crippen LogP contribution in [0.3, 0.4) is 0 Å². The number of benzene rings is 1. The van der Waals surface area contributed by atoms with Crippen LogP contribution in [0.2, 0.25) is 5.02 Å². The van der Waals surface area contributed by atoms with Crippen LogP contribution in [-0.2, 0) is 6.42 Å². The summed E-state index contributed by atoms with van der Waals surface area (Å²) in [6.45, 7) is 4.71. The lowest BCUT2D eigenvalue weighted by Gasteiger charge is -2.22. The Balaban J connectivity index is 1.53. The van der Waals surface area contributed by atoms with Gasteiger partial charge in [0, 0.05) is 37.8 Å². The summed E-state index contributed by atoms with van der Waals surface area (Å²) in [5.41, 5.74) is 0.851. The van der Waals surface area contributed by atoms with Crippen LogP contribution >= 0.6 is 11.6 Å². The number of aromatic nitrogens is 3. The minimum absolute atomic E-state index is 0.538. The van der Waals surface area contributed by atoms with Crippen LogP contribution in [0.4, 0.5) is 0 Å². The zero-order chi connectivity index (χ0) is 19.8. The van der Waals surface area contributed by atoms with Crippen LogP contribution in [0.15, 0.2) is 53.7 Å². The molecule has 1 N–H and O–H groups in total. The first-order valence-corrected chi connectivity index (χ1v) is 9.71. The third-order valence-corrected chi connectivity index (χ3v) is 4.40. The second kappa shape index (κ2) is 9.94. The first-order chi connectivity index (χ1) is 13.7. The predicted molar refractivity (Wildman–Crippen MR) is 112 cm³/mol. The van der Waals surface area contributed by atoms with Crippen molar-refractivity contribution in [1.82, 2.24) is 24.8 Å². The summed E-state index contributed by atoms with van der Waals surface area (Å²) in [6, 6.07) is 13.3. The van der Waals surface area contributed by atoms with Gasteiger partial charge in [0.25, 0.3) is 0 Å². The van der Waals surface area contributed by atoms with Crippen LogP contribution in [-0.4, -0.2) is 58.7 Å². The van der Waals surface area contributed by atoms with Crippen molar-refractivity contribution in [3.05, 3.63) is 59.5 Å². The molecule has 8 heteroatoms. The van der Waals surface area contributed by atoms with E-state index in [1.54, 1.807) is 0 Å². The van der Waals surface area contributed by atoms with E-state index in [-0.39, 0.29) is 0 Å². The highest BCUT2D eigenvalue weighted by Gasteiger charge is 2.08. The molecule has 1 aromatic carbocycles. The fourth-order valence-corrected chi connectivity index (χ4v) is 2.94. The Bertz CT molecular complexity index is 926. The summed E-state index contributed by atoms with van der Waals surface area (Å²) in [5.74, 6) is 2.51. The van der Waals surface area contributed by atoms with Gasteiger partial charge in [-0.25, -0.2) is 0 Å². The molecule has 0 atom stereocenters. The fourth-order valence-electron chi connectivity index (χ4n) is 2.76. The highest BCUT2D eigenvalue weighted by Crippen LogP contribution is 2.16. The standard InChI is InChI=1S/C20H25ClN6O/c1-3-22-20(26(2)13-14-28-17-8-6-7-16(21)15-17)23-11-10-19-25-24-18-9-4-5-12-27(18)19/h4-9,12,15H,3,10-11,13-14H2,1-2H3,(H,22,23). The van der Waals surface area contributed by atoms with Gasteiger partial charge < -0.3 is 15.0 Å². The average Bonchev–Trinajstić information content (AvgIpc) is 3.10. The molecule has 0 bridgehead atoms. The van der Waals surface area contributed by atoms with Crippen molar-refractivity contribution in [2.45, 2.75) is 13.3 Å². The molecule has 0 aliphatic rings. The lowest BCUT2D eigenvalue weighted by atomic mass is 10.3. The molecule has 0 unspecified atom stereocenters. The second-order valence-corrected chi connectivity index (χ2v) is 6.69. The van der Waals surface area contributed by atoms with Crippen LogP contribution in [0.1, 0.15) is 12.7 Å². The summed E-state index contributed by atoms with van der Waals surface area (Å²) in [5, 5.41) is 12.4. The summed E-state index contributed by atoms with van der Waals surface area (Å²) in [4.78, 5) is 6.76. The second-order valence-electron chi connectivity index (χ2n) is 6.26. The first-order valence-electron chi connectivity index (χ1n) is 9.34. The van der Waals surface area contributed by atoms with E-state index >= 15 is 0 Å². The summed E-state index contributed by atoms with van der Waals surface area (Å²) in [6.07, 6.45) is 2.69. The lowest BCUT2D eigenvalue weighted by Crippen LogP contribution is -2.41. The number of aliphatic imine (C=N–C) groups is 1. The molecule has 0 saturated carbocycles. The number of guanidine groups is 1. The van der Waals surface area contributed by atoms with E-state index < -0.39 is 0 Å². The zero-order valence-electron chi connectivity index (χ0n) is 16.2. The molecule has 7 nitrogen and oxygen atoms in total. The van der Waals surface area contributed by atoms with Crippen LogP contribution in [0.5, 0.6) is 5.75 Å². The summed E-state index contributed by atoms with van der Waals surface area (Å²) < 4.78 is 7.76. The molecular weight excluding hydrogens is 376 g/mol. The number of hydrogen-bond acceptors (Lipinski definition) is 4. The minimum atomic E-state index is 0.538. The van der Waals surface area contributed by atoms with Gasteiger partial charge in [-0.15, -0.1) is 10.2 Å². The zero-order valence-corrected chi connectivity index (χ0v) is 16.9. The molecule has 3 rings (SSSR count). The molecule has 148 valence electrons. The summed E-state index contributed by atoms with van der Waals surface area (Å²) >= 11 is 5.98. The quantitative estimate of drug-likeness (QED) is 0.465. The number of pyridine rings is 1. The van der Waals surface area contributed by atoms with Crippen LogP contribution < -0.4 is 10.1 Å². The normalized spacial score (nSPS) is 11.6. The van der Waals surface area contributed by atoms with Gasteiger partial charge in [-0.2, -0.15) is 0 Å². The molecule has 0 radical (unpaired) electrons. The number of nitrogens with one attached hydrogen (secondary N) is 1. The Labute approximate surface area is 170 Å². The largest absolute Gasteiger partial charge is 0.492 e. The van der Waals surface area contributed by atoms with Crippen LogP contribution in [0.25, 0.3) is 5.65 Å². The maximum Gasteiger partial charge on any atom is 0.193 e. The van der Waals surface area contributed by atoms with Crippen LogP contribution in [0, 0.1) is 0 Å². The van der Waals surface area contributed by atoms with Gasteiger partial charge in [-0.1, -0.05) is 23.7 Å². The van der Waals surface area contributed by atoms with E-state index in [4.69, 9.17) is 21.3 Å². The SMILES string of the molecule is CCNC(=NCCc1nnc2ccccn12)N(C)CCOc1cccc(Cl)c1. The molecule has 0 aliphatic carbocycles. The predicted octanol–water partition coefficient (Wildman–Crippen LogP) is 2.90. The van der Waals surface area contributed by atoms with Crippen molar-refractivity contribution in [2.24, 2.45) is 4.99 Å². The third kappa shape index (κ3) is 5.36. The highest BCUT2D eigenvalue weighted by atomic mass is 35.5. The average molecular weight is 401 g/mol. The maximum absolute atomic E-state index is 5.98. The topological polar surface area (TPSA) is 67.0 Å².